The number of rotatable bonds is 6. The van der Waals surface area contributed by atoms with Gasteiger partial charge in [-0.2, -0.15) is 0 Å². The minimum Gasteiger partial charge on any atom is -0.443 e. The van der Waals surface area contributed by atoms with Crippen LogP contribution in [0.1, 0.15) is 36.6 Å². The van der Waals surface area contributed by atoms with Crippen molar-refractivity contribution >= 4 is 0 Å². The molecule has 8 heteroatoms. The van der Waals surface area contributed by atoms with Crippen molar-refractivity contribution in [2.75, 3.05) is 6.61 Å². The molecule has 5 atom stereocenters. The zero-order chi connectivity index (χ0) is 19.6. The molecule has 1 aromatic carbocycles. The van der Waals surface area contributed by atoms with Gasteiger partial charge in [-0.3, -0.25) is 5.10 Å². The van der Waals surface area contributed by atoms with E-state index in [0.29, 0.717) is 6.42 Å². The summed E-state index contributed by atoms with van der Waals surface area (Å²) in [7, 11) is 0. The summed E-state index contributed by atoms with van der Waals surface area (Å²) in [4.78, 5) is 0. The molecule has 2 heterocycles. The first-order valence-electron chi connectivity index (χ1n) is 9.00. The molecular formula is C19H26N2O6. The fourth-order valence-electron chi connectivity index (χ4n) is 3.18. The molecule has 1 aliphatic rings. The van der Waals surface area contributed by atoms with Crippen LogP contribution in [-0.2, 0) is 11.2 Å². The molecule has 8 nitrogen and oxygen atoms in total. The van der Waals surface area contributed by atoms with Gasteiger partial charge in [-0.25, -0.2) is 0 Å². The number of aromatic nitrogens is 2. The van der Waals surface area contributed by atoms with Gasteiger partial charge >= 0.3 is 0 Å². The molecule has 5 N–H and O–H groups in total. The Hall–Kier alpha value is -1.97. The van der Waals surface area contributed by atoms with Gasteiger partial charge in [0.1, 0.15) is 24.4 Å². The van der Waals surface area contributed by atoms with Crippen LogP contribution in [0.15, 0.2) is 30.3 Å². The maximum Gasteiger partial charge on any atom is 0.238 e. The molecule has 0 unspecified atom stereocenters. The normalized spacial score (nSPS) is 28.5. The lowest BCUT2D eigenvalue weighted by atomic mass is 9.98. The van der Waals surface area contributed by atoms with Crippen LogP contribution in [0.25, 0.3) is 0 Å². The van der Waals surface area contributed by atoms with Crippen molar-refractivity contribution in [2.45, 2.75) is 56.9 Å². The molecule has 0 saturated carbocycles. The summed E-state index contributed by atoms with van der Waals surface area (Å²) in [5.74, 6) is 0.426. The van der Waals surface area contributed by atoms with E-state index in [0.717, 1.165) is 16.8 Å². The third-order valence-electron chi connectivity index (χ3n) is 4.74. The molecule has 148 valence electrons. The fourth-order valence-corrected chi connectivity index (χ4v) is 3.18. The second-order valence-corrected chi connectivity index (χ2v) is 7.05. The molecule has 27 heavy (non-hydrogen) atoms. The first-order valence-corrected chi connectivity index (χ1v) is 9.00. The lowest BCUT2D eigenvalue weighted by Gasteiger charge is -2.39. The molecule has 0 amide bonds. The topological polar surface area (TPSA) is 128 Å². The zero-order valence-electron chi connectivity index (χ0n) is 15.3. The average Bonchev–Trinajstić information content (AvgIpc) is 3.05. The predicted octanol–water partition coefficient (Wildman–Crippen LogP) is 0.303. The van der Waals surface area contributed by atoms with E-state index >= 15 is 0 Å². The summed E-state index contributed by atoms with van der Waals surface area (Å²) in [6.07, 6.45) is -6.14. The molecule has 2 aromatic rings. The van der Waals surface area contributed by atoms with E-state index in [2.05, 4.69) is 10.2 Å². The third-order valence-corrected chi connectivity index (χ3v) is 4.74. The zero-order valence-corrected chi connectivity index (χ0v) is 15.3. The van der Waals surface area contributed by atoms with Crippen LogP contribution in [-0.4, -0.2) is 67.9 Å². The first kappa shape index (κ1) is 19.8. The van der Waals surface area contributed by atoms with Crippen molar-refractivity contribution in [3.8, 4) is 5.88 Å². The molecule has 1 fully saturated rings. The number of hydrogen-bond acceptors (Lipinski definition) is 7. The van der Waals surface area contributed by atoms with Crippen LogP contribution < -0.4 is 4.74 Å². The van der Waals surface area contributed by atoms with Gasteiger partial charge in [0.15, 0.2) is 0 Å². The maximum absolute atomic E-state index is 10.2. The second kappa shape index (κ2) is 8.37. The van der Waals surface area contributed by atoms with Crippen LogP contribution in [0.5, 0.6) is 5.88 Å². The van der Waals surface area contributed by atoms with E-state index < -0.39 is 37.3 Å². The number of hydrogen-bond donors (Lipinski definition) is 5. The Labute approximate surface area is 157 Å². The van der Waals surface area contributed by atoms with Gasteiger partial charge in [0.25, 0.3) is 0 Å². The van der Waals surface area contributed by atoms with Crippen molar-refractivity contribution < 1.29 is 29.9 Å². The Morgan fingerprint density at radius 2 is 1.81 bits per heavy atom. The summed E-state index contributed by atoms with van der Waals surface area (Å²) in [5, 5.41) is 46.5. The van der Waals surface area contributed by atoms with Gasteiger partial charge in [-0.1, -0.05) is 44.2 Å². The molecule has 0 spiro atoms. The Morgan fingerprint density at radius 1 is 1.11 bits per heavy atom. The summed E-state index contributed by atoms with van der Waals surface area (Å²) in [6, 6.07) is 9.82. The Morgan fingerprint density at radius 3 is 2.44 bits per heavy atom. The van der Waals surface area contributed by atoms with E-state index in [1.54, 1.807) is 0 Å². The van der Waals surface area contributed by atoms with Gasteiger partial charge < -0.3 is 29.9 Å². The van der Waals surface area contributed by atoms with E-state index in [-0.39, 0.29) is 11.8 Å². The fraction of sp³-hybridized carbons (Fsp3) is 0.526. The van der Waals surface area contributed by atoms with Gasteiger partial charge in [0.2, 0.25) is 12.2 Å². The highest BCUT2D eigenvalue weighted by Crippen LogP contribution is 2.31. The number of ether oxygens (including phenoxy) is 2. The number of nitrogens with zero attached hydrogens (tertiary/aromatic N) is 1. The smallest absolute Gasteiger partial charge is 0.238 e. The third kappa shape index (κ3) is 4.15. The molecule has 1 aromatic heterocycles. The van der Waals surface area contributed by atoms with Gasteiger partial charge in [-0.05, 0) is 11.5 Å². The van der Waals surface area contributed by atoms with E-state index in [1.165, 1.54) is 0 Å². The number of nitrogens with one attached hydrogen (secondary N) is 1. The minimum absolute atomic E-state index is 0.170. The molecule has 0 bridgehead atoms. The minimum atomic E-state index is -1.50. The highest BCUT2D eigenvalue weighted by molar-refractivity contribution is 5.37. The average molecular weight is 378 g/mol. The standard InChI is InChI=1S/C19H26N2O6/c1-10(2)14-12(8-11-6-4-3-5-7-11)18(21-20-14)27-19-17(25)16(24)15(23)13(9-22)26-19/h3-7,10,13,15-17,19,22-25H,8-9H2,1-2H3,(H,20,21)/t13-,15-,16+,17-,19+/m1/s1. The van der Waals surface area contributed by atoms with E-state index in [9.17, 15) is 20.4 Å². The van der Waals surface area contributed by atoms with Crippen molar-refractivity contribution in [1.29, 1.82) is 0 Å². The number of aliphatic hydroxyl groups is 4. The number of benzene rings is 1. The van der Waals surface area contributed by atoms with E-state index in [4.69, 9.17) is 9.47 Å². The Bertz CT molecular complexity index is 733. The van der Waals surface area contributed by atoms with Crippen LogP contribution >= 0.6 is 0 Å². The Balaban J connectivity index is 1.86. The highest BCUT2D eigenvalue weighted by atomic mass is 16.7. The largest absolute Gasteiger partial charge is 0.443 e. The molecular weight excluding hydrogens is 352 g/mol. The van der Waals surface area contributed by atoms with Gasteiger partial charge in [0, 0.05) is 17.7 Å². The van der Waals surface area contributed by atoms with Crippen molar-refractivity contribution in [2.24, 2.45) is 0 Å². The second-order valence-electron chi connectivity index (χ2n) is 7.05. The van der Waals surface area contributed by atoms with Crippen LogP contribution in [0, 0.1) is 0 Å². The van der Waals surface area contributed by atoms with Crippen LogP contribution in [0.2, 0.25) is 0 Å². The lowest BCUT2D eigenvalue weighted by molar-refractivity contribution is -0.278. The Kier molecular flexibility index (Phi) is 6.13. The molecule has 1 aliphatic heterocycles. The molecule has 0 aliphatic carbocycles. The predicted molar refractivity (Wildman–Crippen MR) is 96.3 cm³/mol. The number of aliphatic hydroxyl groups excluding tert-OH is 4. The lowest BCUT2D eigenvalue weighted by Crippen LogP contribution is -2.60. The van der Waals surface area contributed by atoms with Crippen molar-refractivity contribution in [3.63, 3.8) is 0 Å². The van der Waals surface area contributed by atoms with Crippen molar-refractivity contribution in [1.82, 2.24) is 10.2 Å². The van der Waals surface area contributed by atoms with Gasteiger partial charge in [0.05, 0.1) is 6.61 Å². The van der Waals surface area contributed by atoms with Crippen LogP contribution in [0.3, 0.4) is 0 Å². The monoisotopic (exact) mass is 378 g/mol. The summed E-state index contributed by atoms with van der Waals surface area (Å²) >= 11 is 0. The van der Waals surface area contributed by atoms with Crippen molar-refractivity contribution in [3.05, 3.63) is 47.2 Å². The maximum atomic E-state index is 10.2. The first-order chi connectivity index (χ1) is 12.9. The summed E-state index contributed by atoms with van der Waals surface area (Å²) in [5.41, 5.74) is 2.80. The number of H-pyrrole nitrogens is 1. The van der Waals surface area contributed by atoms with Crippen LogP contribution in [0.4, 0.5) is 0 Å². The molecule has 3 rings (SSSR count). The number of aromatic amines is 1. The summed E-state index contributed by atoms with van der Waals surface area (Å²) in [6.45, 7) is 3.54. The SMILES string of the molecule is CC(C)c1[nH]nc(O[C@@H]2O[C@H](CO)[C@@H](O)[C@H](O)[C@H]2O)c1Cc1ccccc1. The van der Waals surface area contributed by atoms with Gasteiger partial charge in [-0.15, -0.1) is 5.10 Å². The van der Waals surface area contributed by atoms with E-state index in [1.807, 2.05) is 44.2 Å². The molecule has 1 saturated heterocycles. The molecule has 0 radical (unpaired) electrons. The highest BCUT2D eigenvalue weighted by Gasteiger charge is 2.45. The summed E-state index contributed by atoms with van der Waals surface area (Å²) < 4.78 is 11.2. The quantitative estimate of drug-likeness (QED) is 0.489.